The lowest BCUT2D eigenvalue weighted by Gasteiger charge is -2.39. The van der Waals surface area contributed by atoms with Crippen LogP contribution < -0.4 is 5.32 Å². The molecular formula is C22H28N4O2. The van der Waals surface area contributed by atoms with Crippen molar-refractivity contribution >= 4 is 22.7 Å². The quantitative estimate of drug-likeness (QED) is 0.865. The van der Waals surface area contributed by atoms with E-state index in [2.05, 4.69) is 15.2 Å². The molecule has 1 aliphatic heterocycles. The molecule has 2 amide bonds. The molecule has 0 spiro atoms. The Hall–Kier alpha value is -2.47. The highest BCUT2D eigenvalue weighted by atomic mass is 16.2. The molecule has 2 heterocycles. The number of rotatable bonds is 5. The molecule has 28 heavy (non-hydrogen) atoms. The fourth-order valence-electron chi connectivity index (χ4n) is 4.58. The predicted molar refractivity (Wildman–Crippen MR) is 109 cm³/mol. The average Bonchev–Trinajstić information content (AvgIpc) is 3.24. The van der Waals surface area contributed by atoms with Crippen LogP contribution in [-0.2, 0) is 16.1 Å². The van der Waals surface area contributed by atoms with E-state index in [1.54, 1.807) is 11.1 Å². The molecule has 4 rings (SSSR count). The number of pyridine rings is 1. The summed E-state index contributed by atoms with van der Waals surface area (Å²) in [7, 11) is 1.81. The maximum atomic E-state index is 13.0. The lowest BCUT2D eigenvalue weighted by atomic mass is 10.0. The minimum Gasteiger partial charge on any atom is -0.353 e. The zero-order valence-corrected chi connectivity index (χ0v) is 16.4. The molecule has 6 nitrogen and oxygen atoms in total. The Balaban J connectivity index is 1.46. The SMILES string of the molecule is CN(Cc1cccc2cccnc12)C(=O)C[C@H]1C(=O)NCCN1C1CCCC1. The third-order valence-corrected chi connectivity index (χ3v) is 6.08. The summed E-state index contributed by atoms with van der Waals surface area (Å²) in [5.41, 5.74) is 1.95. The van der Waals surface area contributed by atoms with E-state index in [-0.39, 0.29) is 24.3 Å². The molecule has 6 heteroatoms. The number of hydrogen-bond donors (Lipinski definition) is 1. The van der Waals surface area contributed by atoms with Gasteiger partial charge in [0, 0.05) is 44.3 Å². The van der Waals surface area contributed by atoms with E-state index in [1.807, 2.05) is 37.4 Å². The molecule has 2 aromatic rings. The number of amides is 2. The zero-order chi connectivity index (χ0) is 19.5. The number of hydrogen-bond acceptors (Lipinski definition) is 4. The van der Waals surface area contributed by atoms with Crippen LogP contribution in [0.5, 0.6) is 0 Å². The second-order valence-corrected chi connectivity index (χ2v) is 7.93. The van der Waals surface area contributed by atoms with Gasteiger partial charge in [0.2, 0.25) is 11.8 Å². The van der Waals surface area contributed by atoms with Crippen LogP contribution >= 0.6 is 0 Å². The van der Waals surface area contributed by atoms with Crippen molar-refractivity contribution in [3.63, 3.8) is 0 Å². The lowest BCUT2D eigenvalue weighted by Crippen LogP contribution is -2.59. The van der Waals surface area contributed by atoms with Crippen molar-refractivity contribution in [2.75, 3.05) is 20.1 Å². The summed E-state index contributed by atoms with van der Waals surface area (Å²) in [6.45, 7) is 2.01. The zero-order valence-electron chi connectivity index (χ0n) is 16.4. The minimum absolute atomic E-state index is 0.00187. The molecule has 0 bridgehead atoms. The van der Waals surface area contributed by atoms with Gasteiger partial charge in [0.1, 0.15) is 0 Å². The van der Waals surface area contributed by atoms with E-state index in [9.17, 15) is 9.59 Å². The molecule has 1 aromatic heterocycles. The van der Waals surface area contributed by atoms with Crippen molar-refractivity contribution in [3.05, 3.63) is 42.1 Å². The van der Waals surface area contributed by atoms with Gasteiger partial charge in [0.25, 0.3) is 0 Å². The Morgan fingerprint density at radius 2 is 2.04 bits per heavy atom. The minimum atomic E-state index is -0.350. The van der Waals surface area contributed by atoms with Gasteiger partial charge in [0.05, 0.1) is 18.0 Å². The largest absolute Gasteiger partial charge is 0.353 e. The first-order valence-corrected chi connectivity index (χ1v) is 10.2. The Bertz CT molecular complexity index is 857. The smallest absolute Gasteiger partial charge is 0.237 e. The highest BCUT2D eigenvalue weighted by molar-refractivity contribution is 5.89. The van der Waals surface area contributed by atoms with Crippen molar-refractivity contribution in [1.29, 1.82) is 0 Å². The fraction of sp³-hybridized carbons (Fsp3) is 0.500. The topological polar surface area (TPSA) is 65.5 Å². The number of fused-ring (bicyclic) bond motifs is 1. The number of benzene rings is 1. The maximum Gasteiger partial charge on any atom is 0.237 e. The summed E-state index contributed by atoms with van der Waals surface area (Å²) in [6.07, 6.45) is 6.72. The van der Waals surface area contributed by atoms with E-state index in [4.69, 9.17) is 0 Å². The normalized spacial score (nSPS) is 21.0. The lowest BCUT2D eigenvalue weighted by molar-refractivity contribution is -0.139. The highest BCUT2D eigenvalue weighted by Gasteiger charge is 2.37. The second kappa shape index (κ2) is 8.27. The van der Waals surface area contributed by atoms with Gasteiger partial charge < -0.3 is 10.2 Å². The fourth-order valence-corrected chi connectivity index (χ4v) is 4.58. The molecule has 1 saturated heterocycles. The highest BCUT2D eigenvalue weighted by Crippen LogP contribution is 2.27. The summed E-state index contributed by atoms with van der Waals surface area (Å²) in [4.78, 5) is 33.9. The van der Waals surface area contributed by atoms with Crippen LogP contribution in [0.1, 0.15) is 37.7 Å². The van der Waals surface area contributed by atoms with Gasteiger partial charge >= 0.3 is 0 Å². The summed E-state index contributed by atoms with van der Waals surface area (Å²) in [6, 6.07) is 10.1. The van der Waals surface area contributed by atoms with Gasteiger partial charge in [-0.25, -0.2) is 0 Å². The first kappa shape index (κ1) is 18.9. The molecule has 148 valence electrons. The molecule has 0 radical (unpaired) electrons. The van der Waals surface area contributed by atoms with E-state index in [0.717, 1.165) is 35.9 Å². The Morgan fingerprint density at radius 1 is 1.25 bits per heavy atom. The van der Waals surface area contributed by atoms with Gasteiger partial charge in [-0.1, -0.05) is 37.1 Å². The van der Waals surface area contributed by atoms with E-state index in [1.165, 1.54) is 12.8 Å². The van der Waals surface area contributed by atoms with Crippen molar-refractivity contribution < 1.29 is 9.59 Å². The number of carbonyl (C=O) groups excluding carboxylic acids is 2. The van der Waals surface area contributed by atoms with Crippen molar-refractivity contribution in [1.82, 2.24) is 20.1 Å². The second-order valence-electron chi connectivity index (χ2n) is 7.93. The third-order valence-electron chi connectivity index (χ3n) is 6.08. The van der Waals surface area contributed by atoms with Gasteiger partial charge in [-0.2, -0.15) is 0 Å². The van der Waals surface area contributed by atoms with Crippen LogP contribution in [0.2, 0.25) is 0 Å². The molecule has 1 saturated carbocycles. The maximum absolute atomic E-state index is 13.0. The summed E-state index contributed by atoms with van der Waals surface area (Å²) in [5.74, 6) is -0.00953. The van der Waals surface area contributed by atoms with Crippen molar-refractivity contribution in [2.45, 2.75) is 50.7 Å². The predicted octanol–water partition coefficient (Wildman–Crippen LogP) is 2.33. The Labute approximate surface area is 165 Å². The first-order chi connectivity index (χ1) is 13.6. The Morgan fingerprint density at radius 3 is 2.86 bits per heavy atom. The van der Waals surface area contributed by atoms with Crippen LogP contribution in [0.4, 0.5) is 0 Å². The van der Waals surface area contributed by atoms with Crippen molar-refractivity contribution in [3.8, 4) is 0 Å². The van der Waals surface area contributed by atoms with Crippen LogP contribution in [0.3, 0.4) is 0 Å². The van der Waals surface area contributed by atoms with Gasteiger partial charge in [-0.05, 0) is 24.5 Å². The molecule has 0 unspecified atom stereocenters. The molecule has 2 fully saturated rings. The van der Waals surface area contributed by atoms with Gasteiger partial charge in [0.15, 0.2) is 0 Å². The van der Waals surface area contributed by atoms with Crippen LogP contribution in [-0.4, -0.2) is 58.8 Å². The number of carbonyl (C=O) groups is 2. The molecule has 1 atom stereocenters. The summed E-state index contributed by atoms with van der Waals surface area (Å²) >= 11 is 0. The molecule has 2 aliphatic rings. The summed E-state index contributed by atoms with van der Waals surface area (Å²) in [5, 5.41) is 4.01. The van der Waals surface area contributed by atoms with Crippen molar-refractivity contribution in [2.24, 2.45) is 0 Å². The average molecular weight is 380 g/mol. The molecule has 1 aliphatic carbocycles. The van der Waals surface area contributed by atoms with Crippen LogP contribution in [0.15, 0.2) is 36.5 Å². The molecular weight excluding hydrogens is 352 g/mol. The van der Waals surface area contributed by atoms with E-state index in [0.29, 0.717) is 19.1 Å². The van der Waals surface area contributed by atoms with Crippen LogP contribution in [0, 0.1) is 0 Å². The van der Waals surface area contributed by atoms with E-state index < -0.39 is 0 Å². The molecule has 1 aromatic carbocycles. The number of nitrogens with one attached hydrogen (secondary N) is 1. The van der Waals surface area contributed by atoms with Crippen LogP contribution in [0.25, 0.3) is 10.9 Å². The summed E-state index contributed by atoms with van der Waals surface area (Å²) < 4.78 is 0. The Kier molecular flexibility index (Phi) is 5.57. The number of nitrogens with zero attached hydrogens (tertiary/aromatic N) is 3. The monoisotopic (exact) mass is 380 g/mol. The van der Waals surface area contributed by atoms with Gasteiger partial charge in [-0.15, -0.1) is 0 Å². The number of para-hydroxylation sites is 1. The standard InChI is InChI=1S/C22H28N4O2/c1-25(15-17-7-4-6-16-8-5-11-23-21(16)17)20(27)14-19-22(28)24-12-13-26(19)18-9-2-3-10-18/h4-8,11,18-19H,2-3,9-10,12-15H2,1H3,(H,24,28)/t19-/m0/s1. The number of piperazine rings is 1. The third kappa shape index (κ3) is 3.87. The van der Waals surface area contributed by atoms with Gasteiger partial charge in [-0.3, -0.25) is 19.5 Å². The molecule has 1 N–H and O–H groups in total. The number of aromatic nitrogens is 1. The first-order valence-electron chi connectivity index (χ1n) is 10.2. The van der Waals surface area contributed by atoms with E-state index >= 15 is 0 Å².